The van der Waals surface area contributed by atoms with Gasteiger partial charge in [0.2, 0.25) is 0 Å². The summed E-state index contributed by atoms with van der Waals surface area (Å²) in [4.78, 5) is 2.41. The minimum absolute atomic E-state index is 0.141. The van der Waals surface area contributed by atoms with Gasteiger partial charge in [-0.25, -0.2) is 0 Å². The van der Waals surface area contributed by atoms with Crippen LogP contribution < -0.4 is 5.73 Å². The second-order valence-corrected chi connectivity index (χ2v) is 5.17. The lowest BCUT2D eigenvalue weighted by Gasteiger charge is -2.48. The Morgan fingerprint density at radius 1 is 1.53 bits per heavy atom. The molecule has 4 nitrogen and oxygen atoms in total. The van der Waals surface area contributed by atoms with E-state index in [4.69, 9.17) is 5.73 Å². The highest BCUT2D eigenvalue weighted by atomic mass is 15.3. The van der Waals surface area contributed by atoms with Crippen LogP contribution in [0.4, 0.5) is 0 Å². The third kappa shape index (κ3) is 1.68. The van der Waals surface area contributed by atoms with E-state index >= 15 is 0 Å². The third-order valence-electron chi connectivity index (χ3n) is 3.59. The van der Waals surface area contributed by atoms with Gasteiger partial charge in [-0.15, -0.1) is 0 Å². The molecule has 1 aliphatic carbocycles. The third-order valence-corrected chi connectivity index (χ3v) is 3.59. The molecule has 0 spiro atoms. The first kappa shape index (κ1) is 9.36. The molecule has 0 aromatic carbocycles. The molecule has 1 saturated heterocycles. The molecule has 1 saturated carbocycles. The van der Waals surface area contributed by atoms with Crippen LogP contribution in [0, 0.1) is 5.92 Å². The van der Waals surface area contributed by atoms with E-state index in [1.807, 2.05) is 17.9 Å². The molecular formula is C11H18N4. The van der Waals surface area contributed by atoms with E-state index in [0.717, 1.165) is 25.6 Å². The Balaban J connectivity index is 1.55. The molecule has 82 valence electrons. The molecule has 1 aromatic rings. The van der Waals surface area contributed by atoms with E-state index < -0.39 is 0 Å². The first-order chi connectivity index (χ1) is 7.16. The molecule has 1 aliphatic heterocycles. The van der Waals surface area contributed by atoms with Gasteiger partial charge in [0, 0.05) is 44.0 Å². The molecule has 1 aromatic heterocycles. The van der Waals surface area contributed by atoms with Gasteiger partial charge >= 0.3 is 0 Å². The summed E-state index contributed by atoms with van der Waals surface area (Å²) >= 11 is 0. The molecule has 0 unspecified atom stereocenters. The topological polar surface area (TPSA) is 47.1 Å². The van der Waals surface area contributed by atoms with Crippen LogP contribution in [0.2, 0.25) is 0 Å². The number of likely N-dealkylation sites (tertiary alicyclic amines) is 1. The lowest BCUT2D eigenvalue weighted by Crippen LogP contribution is -2.68. The van der Waals surface area contributed by atoms with Crippen molar-refractivity contribution in [2.45, 2.75) is 24.9 Å². The van der Waals surface area contributed by atoms with E-state index in [0.29, 0.717) is 0 Å². The first-order valence-electron chi connectivity index (χ1n) is 5.64. The number of rotatable bonds is 3. The zero-order valence-electron chi connectivity index (χ0n) is 9.19. The fraction of sp³-hybridized carbons (Fsp3) is 0.727. The summed E-state index contributed by atoms with van der Waals surface area (Å²) in [6, 6.07) is 0. The van der Waals surface area contributed by atoms with Crippen molar-refractivity contribution in [1.82, 2.24) is 14.7 Å². The highest BCUT2D eigenvalue weighted by Crippen LogP contribution is 2.43. The Morgan fingerprint density at radius 3 is 2.80 bits per heavy atom. The predicted octanol–water partition coefficient (Wildman–Crippen LogP) is 0.343. The Morgan fingerprint density at radius 2 is 2.27 bits per heavy atom. The van der Waals surface area contributed by atoms with Crippen LogP contribution in [0.1, 0.15) is 18.4 Å². The Hall–Kier alpha value is -0.870. The van der Waals surface area contributed by atoms with Crippen molar-refractivity contribution < 1.29 is 0 Å². The van der Waals surface area contributed by atoms with Crippen LogP contribution in [0.15, 0.2) is 12.4 Å². The fourth-order valence-electron chi connectivity index (χ4n) is 2.63. The van der Waals surface area contributed by atoms with Gasteiger partial charge in [0.15, 0.2) is 0 Å². The van der Waals surface area contributed by atoms with E-state index in [2.05, 4.69) is 16.2 Å². The van der Waals surface area contributed by atoms with Gasteiger partial charge < -0.3 is 5.73 Å². The van der Waals surface area contributed by atoms with Crippen molar-refractivity contribution in [3.05, 3.63) is 18.0 Å². The second-order valence-electron chi connectivity index (χ2n) is 5.17. The molecule has 2 fully saturated rings. The monoisotopic (exact) mass is 206 g/mol. The van der Waals surface area contributed by atoms with Crippen LogP contribution >= 0.6 is 0 Å². The van der Waals surface area contributed by atoms with Gasteiger partial charge in [-0.05, 0) is 18.8 Å². The van der Waals surface area contributed by atoms with E-state index in [1.54, 1.807) is 0 Å². The molecule has 2 heterocycles. The van der Waals surface area contributed by atoms with E-state index in [1.165, 1.54) is 18.4 Å². The van der Waals surface area contributed by atoms with E-state index in [-0.39, 0.29) is 5.54 Å². The normalized spacial score (nSPS) is 25.2. The van der Waals surface area contributed by atoms with Gasteiger partial charge in [0.05, 0.1) is 6.20 Å². The second kappa shape index (κ2) is 3.06. The molecule has 4 heteroatoms. The molecule has 0 amide bonds. The molecule has 3 rings (SSSR count). The predicted molar refractivity (Wildman–Crippen MR) is 58.1 cm³/mol. The molecule has 0 atom stereocenters. The molecule has 2 N–H and O–H groups in total. The highest BCUT2D eigenvalue weighted by molar-refractivity contribution is 5.12. The van der Waals surface area contributed by atoms with Crippen LogP contribution in [0.3, 0.4) is 0 Å². The first-order valence-corrected chi connectivity index (χ1v) is 5.64. The van der Waals surface area contributed by atoms with Crippen LogP contribution in [-0.2, 0) is 13.6 Å². The van der Waals surface area contributed by atoms with Gasteiger partial charge in [0.25, 0.3) is 0 Å². The van der Waals surface area contributed by atoms with Crippen molar-refractivity contribution in [1.29, 1.82) is 0 Å². The molecule has 15 heavy (non-hydrogen) atoms. The summed E-state index contributed by atoms with van der Waals surface area (Å²) in [6.07, 6.45) is 6.70. The van der Waals surface area contributed by atoms with Gasteiger partial charge in [-0.3, -0.25) is 9.58 Å². The van der Waals surface area contributed by atoms with Crippen molar-refractivity contribution >= 4 is 0 Å². The number of aryl methyl sites for hydroxylation is 1. The van der Waals surface area contributed by atoms with Gasteiger partial charge in [-0.1, -0.05) is 0 Å². The van der Waals surface area contributed by atoms with Crippen molar-refractivity contribution in [2.75, 3.05) is 13.1 Å². The van der Waals surface area contributed by atoms with Crippen molar-refractivity contribution in [3.8, 4) is 0 Å². The summed E-state index contributed by atoms with van der Waals surface area (Å²) < 4.78 is 1.85. The number of hydrogen-bond acceptors (Lipinski definition) is 3. The zero-order chi connectivity index (χ0) is 10.5. The molecule has 0 radical (unpaired) electrons. The minimum atomic E-state index is 0.141. The number of nitrogens with two attached hydrogens (primary N) is 1. The summed E-state index contributed by atoms with van der Waals surface area (Å²) in [5.41, 5.74) is 7.72. The smallest absolute Gasteiger partial charge is 0.0534 e. The van der Waals surface area contributed by atoms with Crippen molar-refractivity contribution in [2.24, 2.45) is 18.7 Å². The SMILES string of the molecule is Cn1cc(CN2CC(N)(C3CC3)C2)cn1. The minimum Gasteiger partial charge on any atom is -0.323 e. The maximum Gasteiger partial charge on any atom is 0.0534 e. The summed E-state index contributed by atoms with van der Waals surface area (Å²) in [5.74, 6) is 0.808. The quantitative estimate of drug-likeness (QED) is 0.776. The largest absolute Gasteiger partial charge is 0.323 e. The Labute approximate surface area is 90.0 Å². The fourth-order valence-corrected chi connectivity index (χ4v) is 2.63. The zero-order valence-corrected chi connectivity index (χ0v) is 9.19. The lowest BCUT2D eigenvalue weighted by molar-refractivity contribution is 0.0478. The Bertz CT molecular complexity index is 360. The average Bonchev–Trinajstić information content (AvgIpc) is 2.90. The maximum absolute atomic E-state index is 6.29. The molecular weight excluding hydrogens is 188 g/mol. The van der Waals surface area contributed by atoms with Crippen LogP contribution in [-0.4, -0.2) is 33.3 Å². The number of hydrogen-bond donors (Lipinski definition) is 1. The van der Waals surface area contributed by atoms with E-state index in [9.17, 15) is 0 Å². The Kier molecular flexibility index (Phi) is 1.91. The number of aromatic nitrogens is 2. The average molecular weight is 206 g/mol. The lowest BCUT2D eigenvalue weighted by atomic mass is 9.85. The van der Waals surface area contributed by atoms with Crippen LogP contribution in [0.25, 0.3) is 0 Å². The highest BCUT2D eigenvalue weighted by Gasteiger charge is 2.49. The number of nitrogens with zero attached hydrogens (tertiary/aromatic N) is 3. The standard InChI is InChI=1S/C11H18N4/c1-14-5-9(4-13-14)6-15-7-11(12,8-15)10-2-3-10/h4-5,10H,2-3,6-8,12H2,1H3. The van der Waals surface area contributed by atoms with Gasteiger partial charge in [0.1, 0.15) is 0 Å². The van der Waals surface area contributed by atoms with Crippen LogP contribution in [0.5, 0.6) is 0 Å². The molecule has 0 bridgehead atoms. The van der Waals surface area contributed by atoms with Gasteiger partial charge in [-0.2, -0.15) is 5.10 Å². The van der Waals surface area contributed by atoms with Crippen molar-refractivity contribution in [3.63, 3.8) is 0 Å². The summed E-state index contributed by atoms with van der Waals surface area (Å²) in [5, 5.41) is 4.17. The molecule has 2 aliphatic rings. The summed E-state index contributed by atoms with van der Waals surface area (Å²) in [7, 11) is 1.96. The summed E-state index contributed by atoms with van der Waals surface area (Å²) in [6.45, 7) is 3.12. The maximum atomic E-state index is 6.29.